The Bertz CT molecular complexity index is 854. The third-order valence-electron chi connectivity index (χ3n) is 3.56. The number of aryl methyl sites for hydroxylation is 1. The number of carbonyl (C=O) groups is 2. The van der Waals surface area contributed by atoms with Crippen LogP contribution in [0.3, 0.4) is 0 Å². The van der Waals surface area contributed by atoms with E-state index in [-0.39, 0.29) is 10.7 Å². The first-order valence-corrected chi connectivity index (χ1v) is 8.72. The number of hydrogen-bond acceptors (Lipinski definition) is 4. The monoisotopic (exact) mass is 413 g/mol. The van der Waals surface area contributed by atoms with E-state index in [0.717, 1.165) is 5.56 Å². The Labute approximate surface area is 166 Å². The van der Waals surface area contributed by atoms with Crippen LogP contribution in [0.1, 0.15) is 19.4 Å². The highest BCUT2D eigenvalue weighted by atomic mass is 35.5. The number of amides is 1. The van der Waals surface area contributed by atoms with Gasteiger partial charge < -0.3 is 14.8 Å². The van der Waals surface area contributed by atoms with Gasteiger partial charge in [-0.15, -0.1) is 0 Å². The van der Waals surface area contributed by atoms with Gasteiger partial charge in [-0.05, 0) is 56.7 Å². The van der Waals surface area contributed by atoms with Gasteiger partial charge in [0.25, 0.3) is 5.91 Å². The summed E-state index contributed by atoms with van der Waals surface area (Å²) in [5, 5.41) is 3.10. The van der Waals surface area contributed by atoms with Crippen LogP contribution in [0.4, 0.5) is 10.1 Å². The highest BCUT2D eigenvalue weighted by Crippen LogP contribution is 2.32. The van der Waals surface area contributed by atoms with Gasteiger partial charge in [-0.3, -0.25) is 4.79 Å². The molecule has 0 saturated heterocycles. The number of rotatable bonds is 6. The molecule has 0 heterocycles. The van der Waals surface area contributed by atoms with Crippen molar-refractivity contribution in [1.82, 2.24) is 0 Å². The van der Waals surface area contributed by atoms with Crippen LogP contribution in [0.2, 0.25) is 10.0 Å². The summed E-state index contributed by atoms with van der Waals surface area (Å²) in [5.74, 6) is -1.49. The van der Waals surface area contributed by atoms with E-state index in [1.165, 1.54) is 38.1 Å². The summed E-state index contributed by atoms with van der Waals surface area (Å²) < 4.78 is 23.5. The molecule has 1 amide bonds. The molecule has 5 nitrogen and oxygen atoms in total. The van der Waals surface area contributed by atoms with Gasteiger partial charge in [0.2, 0.25) is 0 Å². The Morgan fingerprint density at radius 1 is 1.11 bits per heavy atom. The summed E-state index contributed by atoms with van der Waals surface area (Å²) in [7, 11) is 0. The Hall–Kier alpha value is -2.31. The molecule has 1 N–H and O–H groups in total. The van der Waals surface area contributed by atoms with Crippen LogP contribution >= 0.6 is 23.2 Å². The Morgan fingerprint density at radius 2 is 1.74 bits per heavy atom. The van der Waals surface area contributed by atoms with Crippen LogP contribution in [0.5, 0.6) is 5.75 Å². The Kier molecular flexibility index (Phi) is 6.68. The second kappa shape index (κ2) is 8.59. The molecule has 8 heteroatoms. The van der Waals surface area contributed by atoms with Crippen molar-refractivity contribution in [2.45, 2.75) is 26.4 Å². The standard InChI is InChI=1S/C19H18Cl2FNO4/c1-11-4-9-14(20)17(16(11)21)23-15(24)10-26-18(25)19(2,3)27-13-7-5-12(22)6-8-13/h4-9H,10H2,1-3H3,(H,23,24). The lowest BCUT2D eigenvalue weighted by atomic mass is 10.1. The highest BCUT2D eigenvalue weighted by molar-refractivity contribution is 6.40. The van der Waals surface area contributed by atoms with Crippen molar-refractivity contribution in [1.29, 1.82) is 0 Å². The second-order valence-corrected chi connectivity index (χ2v) is 7.03. The molecule has 0 aromatic heterocycles. The zero-order chi connectivity index (χ0) is 20.2. The van der Waals surface area contributed by atoms with Crippen LogP contribution in [-0.2, 0) is 14.3 Å². The molecule has 2 aromatic carbocycles. The minimum Gasteiger partial charge on any atom is -0.476 e. The molecule has 2 aromatic rings. The molecule has 0 bridgehead atoms. The van der Waals surface area contributed by atoms with Crippen molar-refractivity contribution < 1.29 is 23.5 Å². The fourth-order valence-corrected chi connectivity index (χ4v) is 2.56. The number of nitrogens with one attached hydrogen (secondary N) is 1. The molecule has 0 unspecified atom stereocenters. The molecule has 0 spiro atoms. The van der Waals surface area contributed by atoms with Gasteiger partial charge in [0.15, 0.2) is 12.2 Å². The number of benzene rings is 2. The molecule has 0 fully saturated rings. The van der Waals surface area contributed by atoms with Crippen molar-refractivity contribution >= 4 is 40.8 Å². The minimum atomic E-state index is -1.38. The number of esters is 1. The molecule has 2 rings (SSSR count). The number of hydrogen-bond donors (Lipinski definition) is 1. The van der Waals surface area contributed by atoms with Crippen molar-refractivity contribution in [2.24, 2.45) is 0 Å². The molecule has 144 valence electrons. The van der Waals surface area contributed by atoms with Crippen LogP contribution in [-0.4, -0.2) is 24.1 Å². The Morgan fingerprint density at radius 3 is 2.37 bits per heavy atom. The lowest BCUT2D eigenvalue weighted by Gasteiger charge is -2.24. The van der Waals surface area contributed by atoms with E-state index < -0.39 is 29.9 Å². The molecule has 0 saturated carbocycles. The second-order valence-electron chi connectivity index (χ2n) is 6.24. The number of carbonyl (C=O) groups excluding carboxylic acids is 2. The lowest BCUT2D eigenvalue weighted by molar-refractivity contribution is -0.161. The van der Waals surface area contributed by atoms with Gasteiger partial charge in [-0.1, -0.05) is 29.3 Å². The summed E-state index contributed by atoms with van der Waals surface area (Å²) >= 11 is 12.2. The van der Waals surface area contributed by atoms with Crippen LogP contribution in [0.25, 0.3) is 0 Å². The lowest BCUT2D eigenvalue weighted by Crippen LogP contribution is -2.41. The maximum atomic E-state index is 12.9. The van der Waals surface area contributed by atoms with E-state index in [4.69, 9.17) is 32.7 Å². The Balaban J connectivity index is 1.95. The average Bonchev–Trinajstić information content (AvgIpc) is 2.61. The molecule has 0 aliphatic rings. The van der Waals surface area contributed by atoms with E-state index in [1.807, 2.05) is 0 Å². The van der Waals surface area contributed by atoms with Crippen molar-refractivity contribution in [3.63, 3.8) is 0 Å². The summed E-state index contributed by atoms with van der Waals surface area (Å²) in [4.78, 5) is 24.3. The number of anilines is 1. The quantitative estimate of drug-likeness (QED) is 0.691. The van der Waals surface area contributed by atoms with Gasteiger partial charge in [0.05, 0.1) is 15.7 Å². The molecule has 27 heavy (non-hydrogen) atoms. The first-order valence-electron chi connectivity index (χ1n) is 7.96. The third kappa shape index (κ3) is 5.58. The van der Waals surface area contributed by atoms with Crippen LogP contribution < -0.4 is 10.1 Å². The molecular formula is C19H18Cl2FNO4. The van der Waals surface area contributed by atoms with E-state index in [1.54, 1.807) is 19.1 Å². The number of halogens is 3. The largest absolute Gasteiger partial charge is 0.476 e. The van der Waals surface area contributed by atoms with Gasteiger partial charge in [0, 0.05) is 0 Å². The van der Waals surface area contributed by atoms with Gasteiger partial charge in [-0.25, -0.2) is 9.18 Å². The molecule has 0 radical (unpaired) electrons. The van der Waals surface area contributed by atoms with Gasteiger partial charge in [-0.2, -0.15) is 0 Å². The van der Waals surface area contributed by atoms with Crippen molar-refractivity contribution in [3.05, 3.63) is 57.8 Å². The highest BCUT2D eigenvalue weighted by Gasteiger charge is 2.32. The summed E-state index contributed by atoms with van der Waals surface area (Å²) in [6, 6.07) is 8.51. The fourth-order valence-electron chi connectivity index (χ4n) is 2.09. The van der Waals surface area contributed by atoms with E-state index in [2.05, 4.69) is 5.32 Å². The molecule has 0 aliphatic carbocycles. The average molecular weight is 414 g/mol. The molecule has 0 aliphatic heterocycles. The SMILES string of the molecule is Cc1ccc(Cl)c(NC(=O)COC(=O)C(C)(C)Oc2ccc(F)cc2)c1Cl. The molecular weight excluding hydrogens is 396 g/mol. The summed E-state index contributed by atoms with van der Waals surface area (Å²) in [5.41, 5.74) is -0.389. The van der Waals surface area contributed by atoms with Gasteiger partial charge >= 0.3 is 5.97 Å². The summed E-state index contributed by atoms with van der Waals surface area (Å²) in [6.45, 7) is 4.18. The fraction of sp³-hybridized carbons (Fsp3) is 0.263. The normalized spacial score (nSPS) is 11.0. The topological polar surface area (TPSA) is 64.6 Å². The third-order valence-corrected chi connectivity index (χ3v) is 4.36. The van der Waals surface area contributed by atoms with E-state index in [0.29, 0.717) is 10.8 Å². The van der Waals surface area contributed by atoms with Crippen molar-refractivity contribution in [2.75, 3.05) is 11.9 Å². The smallest absolute Gasteiger partial charge is 0.350 e. The summed E-state index contributed by atoms with van der Waals surface area (Å²) in [6.07, 6.45) is 0. The van der Waals surface area contributed by atoms with Crippen LogP contribution in [0, 0.1) is 12.7 Å². The first kappa shape index (κ1) is 21.0. The first-order chi connectivity index (χ1) is 12.6. The zero-order valence-corrected chi connectivity index (χ0v) is 16.4. The maximum absolute atomic E-state index is 12.9. The predicted octanol–water partition coefficient (Wildman–Crippen LogP) is 4.78. The molecule has 0 atom stereocenters. The maximum Gasteiger partial charge on any atom is 0.350 e. The zero-order valence-electron chi connectivity index (χ0n) is 14.9. The van der Waals surface area contributed by atoms with Gasteiger partial charge in [0.1, 0.15) is 11.6 Å². The van der Waals surface area contributed by atoms with E-state index in [9.17, 15) is 14.0 Å². The minimum absolute atomic E-state index is 0.251. The predicted molar refractivity (Wildman–Crippen MR) is 102 cm³/mol. The van der Waals surface area contributed by atoms with Crippen LogP contribution in [0.15, 0.2) is 36.4 Å². The van der Waals surface area contributed by atoms with Crippen molar-refractivity contribution in [3.8, 4) is 5.75 Å². The number of ether oxygens (including phenoxy) is 2. The van der Waals surface area contributed by atoms with E-state index >= 15 is 0 Å².